The summed E-state index contributed by atoms with van der Waals surface area (Å²) in [5, 5.41) is 43.4. The second kappa shape index (κ2) is 40.0. The minimum atomic E-state index is -0.732. The monoisotopic (exact) mass is 1460 g/mol. The normalized spacial score (nSPS) is 14.4. The van der Waals surface area contributed by atoms with Crippen molar-refractivity contribution in [3.63, 3.8) is 0 Å². The molecule has 0 saturated carbocycles. The number of aliphatic hydroxyl groups is 1. The summed E-state index contributed by atoms with van der Waals surface area (Å²) in [6, 6.07) is 28.4. The Morgan fingerprint density at radius 3 is 0.951 bits per heavy atom. The number of hydrogen-bond donors (Lipinski definition) is 6. The van der Waals surface area contributed by atoms with E-state index in [2.05, 4.69) is 65.5 Å². The number of halogens is 6. The van der Waals surface area contributed by atoms with E-state index in [-0.39, 0.29) is 134 Å². The summed E-state index contributed by atoms with van der Waals surface area (Å²) in [4.78, 5) is 88.6. The van der Waals surface area contributed by atoms with Crippen LogP contribution in [0.5, 0.6) is 0 Å². The standard InChI is InChI=1S/C19H16ClFN4O2.C14H17NO2.C13H16N2O2.C12H15ClFN3.C11H14ClFN4.C6H14O/c1-10(2)15(23-17-14(21)7-11(8-22)16(20)24-17)9-25-18(26)12-5-3-4-6-13(12)19(25)27;1-9(2)10(3)8-15-13(16)11-6-4-5-7-12(11)14(15)17;1-8(2)11(14)7-15-12(16)9-5-3-4-6-10(9)13(15)17;1-4-10(7(2)3)16-12-9(14)5-8(6-15)11(13)17-12;1-6(2)9(5-15)16-11-8(13)3-7(4-14)10(12)17-11;1-5(2)6(3)4-7/h3-7,10,15H,9H2,1-2H3,(H,23,24);4-7,9-10H,8H2,1-3H3;3-6,8,11H,7,14H2,1-2H3;5,7,10H,4H2,1-3H3,(H,16,17);3,6,9H,5,15H2,1-2H3,(H,16,17);5-7H,4H2,1-3H3/t15-;10-;11-;10-;9-;6-/m000000/s1. The molecule has 3 aliphatic rings. The van der Waals surface area contributed by atoms with Crippen molar-refractivity contribution >= 4 is 87.7 Å². The zero-order chi connectivity index (χ0) is 76.7. The average Bonchev–Trinajstić information content (AvgIpc) is 1.64. The highest BCUT2D eigenvalue weighted by molar-refractivity contribution is 6.31. The summed E-state index contributed by atoms with van der Waals surface area (Å²) >= 11 is 17.4. The molecule has 102 heavy (non-hydrogen) atoms. The third kappa shape index (κ3) is 22.7. The smallest absolute Gasteiger partial charge is 0.261 e. The molecule has 6 atom stereocenters. The summed E-state index contributed by atoms with van der Waals surface area (Å²) in [7, 11) is 0. The van der Waals surface area contributed by atoms with Gasteiger partial charge < -0.3 is 32.5 Å². The lowest BCUT2D eigenvalue weighted by Crippen LogP contribution is -2.43. The first-order valence-electron chi connectivity index (χ1n) is 33.5. The number of benzene rings is 3. The predicted molar refractivity (Wildman–Crippen MR) is 391 cm³/mol. The van der Waals surface area contributed by atoms with E-state index in [4.69, 9.17) is 67.2 Å². The Morgan fingerprint density at radius 1 is 0.441 bits per heavy atom. The van der Waals surface area contributed by atoms with E-state index >= 15 is 0 Å². The number of anilines is 3. The Kier molecular flexibility index (Phi) is 33.4. The number of nitrogens with two attached hydrogens (primary N) is 2. The number of aliphatic hydroxyl groups excluding tert-OH is 1. The van der Waals surface area contributed by atoms with Crippen LogP contribution >= 0.6 is 34.8 Å². The van der Waals surface area contributed by atoms with Crippen molar-refractivity contribution in [2.75, 3.05) is 48.7 Å². The Labute approximate surface area is 611 Å². The fraction of sp³-hybridized carbons (Fsp3) is 0.440. The molecule has 6 aromatic rings. The molecule has 546 valence electrons. The van der Waals surface area contributed by atoms with Crippen molar-refractivity contribution in [3.8, 4) is 18.2 Å². The molecule has 6 heterocycles. The van der Waals surface area contributed by atoms with Crippen LogP contribution in [0, 0.1) is 98.8 Å². The van der Waals surface area contributed by atoms with Gasteiger partial charge in [0.25, 0.3) is 35.4 Å². The second-order valence-electron chi connectivity index (χ2n) is 26.8. The van der Waals surface area contributed by atoms with Crippen molar-refractivity contribution in [1.82, 2.24) is 29.7 Å². The van der Waals surface area contributed by atoms with Crippen molar-refractivity contribution in [2.24, 2.45) is 58.8 Å². The van der Waals surface area contributed by atoms with Crippen LogP contribution in [0.15, 0.2) is 91.0 Å². The minimum absolute atomic E-state index is 0.0172. The van der Waals surface area contributed by atoms with Crippen LogP contribution in [0.25, 0.3) is 0 Å². The van der Waals surface area contributed by atoms with E-state index in [1.54, 1.807) is 91.0 Å². The first-order valence-corrected chi connectivity index (χ1v) is 34.7. The topological polar surface area (TPSA) is 331 Å². The van der Waals surface area contributed by atoms with E-state index in [1.165, 1.54) is 9.80 Å². The number of rotatable bonds is 21. The van der Waals surface area contributed by atoms with Crippen molar-refractivity contribution in [1.29, 1.82) is 15.8 Å². The van der Waals surface area contributed by atoms with Gasteiger partial charge in [0.2, 0.25) is 0 Å². The first-order chi connectivity index (χ1) is 48.0. The van der Waals surface area contributed by atoms with Crippen LogP contribution in [0.3, 0.4) is 0 Å². The highest BCUT2D eigenvalue weighted by Gasteiger charge is 2.39. The number of nitrogens with zero attached hydrogens (tertiary/aromatic N) is 9. The highest BCUT2D eigenvalue weighted by Crippen LogP contribution is 2.30. The Balaban J connectivity index is 0.000000267. The van der Waals surface area contributed by atoms with Crippen molar-refractivity contribution in [3.05, 3.63) is 174 Å². The molecule has 0 aliphatic carbocycles. The Bertz CT molecular complexity index is 3790. The number of amides is 6. The fourth-order valence-electron chi connectivity index (χ4n) is 9.67. The largest absolute Gasteiger partial charge is 0.396 e. The van der Waals surface area contributed by atoms with Crippen LogP contribution in [-0.4, -0.2) is 127 Å². The van der Waals surface area contributed by atoms with Crippen LogP contribution in [0.2, 0.25) is 15.5 Å². The molecule has 0 unspecified atom stereocenters. The molecule has 9 rings (SSSR count). The SMILES string of the molecule is CC(C)[C@@H](C)CN1C(=O)c2ccccc2C1=O.CC(C)[C@@H](C)CO.CC(C)[C@@H](N)CN1C(=O)c2ccccc2C1=O.CC(C)[C@H](CN)Nc1nc(Cl)c(C#N)cc1F.CC(C)[C@H](CN1C(=O)c2ccccc2C1=O)Nc1nc(Cl)c(C#N)cc1F.CC[C@H](Nc1nc(Cl)c(C#N)cc1F)C(C)C. The van der Waals surface area contributed by atoms with Gasteiger partial charge in [-0.05, 0) is 108 Å². The lowest BCUT2D eigenvalue weighted by atomic mass is 9.98. The quantitative estimate of drug-likeness (QED) is 0.0288. The fourth-order valence-corrected chi connectivity index (χ4v) is 10.2. The van der Waals surface area contributed by atoms with Gasteiger partial charge in [-0.1, -0.05) is 175 Å². The van der Waals surface area contributed by atoms with E-state index in [1.807, 2.05) is 69.2 Å². The Hall–Kier alpha value is -9.06. The number of pyridine rings is 3. The van der Waals surface area contributed by atoms with Gasteiger partial charge in [0.15, 0.2) is 34.9 Å². The van der Waals surface area contributed by atoms with Gasteiger partial charge in [0.05, 0.1) is 50.1 Å². The van der Waals surface area contributed by atoms with Gasteiger partial charge in [0.1, 0.15) is 33.7 Å². The molecule has 8 N–H and O–H groups in total. The van der Waals surface area contributed by atoms with Crippen LogP contribution < -0.4 is 27.4 Å². The maximum atomic E-state index is 14.2. The van der Waals surface area contributed by atoms with Gasteiger partial charge in [-0.25, -0.2) is 28.1 Å². The summed E-state index contributed by atoms with van der Waals surface area (Å²) in [6.07, 6.45) is 0.858. The average molecular weight is 1470 g/mol. The van der Waals surface area contributed by atoms with Crippen LogP contribution in [0.1, 0.15) is 189 Å². The lowest BCUT2D eigenvalue weighted by molar-refractivity contribution is 0.0610. The number of nitriles is 3. The number of hydrogen-bond acceptors (Lipinski definition) is 18. The van der Waals surface area contributed by atoms with E-state index < -0.39 is 23.5 Å². The van der Waals surface area contributed by atoms with Gasteiger partial charge in [-0.2, -0.15) is 15.8 Å². The number of fused-ring (bicyclic) bond motifs is 3. The molecule has 0 fully saturated rings. The van der Waals surface area contributed by atoms with Crippen molar-refractivity contribution in [2.45, 2.75) is 134 Å². The maximum absolute atomic E-state index is 14.2. The number of carbonyl (C=O) groups excluding carboxylic acids is 6. The van der Waals surface area contributed by atoms with Gasteiger partial charge in [0, 0.05) is 57.0 Å². The zero-order valence-electron chi connectivity index (χ0n) is 60.2. The van der Waals surface area contributed by atoms with Gasteiger partial charge in [-0.3, -0.25) is 43.5 Å². The molecule has 0 saturated heterocycles. The molecular weight excluding hydrogens is 1370 g/mol. The predicted octanol–water partition coefficient (Wildman–Crippen LogP) is 14.3. The number of aromatic nitrogens is 3. The van der Waals surface area contributed by atoms with E-state index in [0.29, 0.717) is 82.7 Å². The minimum Gasteiger partial charge on any atom is -0.396 e. The molecule has 3 aromatic heterocycles. The summed E-state index contributed by atoms with van der Waals surface area (Å²) in [5.74, 6) is -0.804. The molecular formula is C75H92Cl3F3N14O7. The van der Waals surface area contributed by atoms with E-state index in [0.717, 1.165) is 29.5 Å². The summed E-state index contributed by atoms with van der Waals surface area (Å²) < 4.78 is 41.5. The van der Waals surface area contributed by atoms with Gasteiger partial charge >= 0.3 is 0 Å². The number of imide groups is 3. The number of carbonyl (C=O) groups is 6. The van der Waals surface area contributed by atoms with Crippen molar-refractivity contribution < 1.29 is 47.0 Å². The summed E-state index contributed by atoms with van der Waals surface area (Å²) in [5.41, 5.74) is 14.2. The van der Waals surface area contributed by atoms with Crippen LogP contribution in [-0.2, 0) is 0 Å². The molecule has 0 radical (unpaired) electrons. The maximum Gasteiger partial charge on any atom is 0.261 e. The van der Waals surface area contributed by atoms with E-state index in [9.17, 15) is 41.9 Å². The molecule has 21 nitrogen and oxygen atoms in total. The summed E-state index contributed by atoms with van der Waals surface area (Å²) in [6.45, 7) is 31.8. The lowest BCUT2D eigenvalue weighted by Gasteiger charge is -2.27. The number of nitrogens with one attached hydrogen (secondary N) is 3. The van der Waals surface area contributed by atoms with Gasteiger partial charge in [-0.15, -0.1) is 0 Å². The molecule has 3 aliphatic heterocycles. The third-order valence-electron chi connectivity index (χ3n) is 17.5. The Morgan fingerprint density at radius 2 is 0.716 bits per heavy atom. The third-order valence-corrected chi connectivity index (χ3v) is 18.4. The van der Waals surface area contributed by atoms with Crippen LogP contribution in [0.4, 0.5) is 30.6 Å². The molecule has 3 aromatic carbocycles. The zero-order valence-corrected chi connectivity index (χ0v) is 62.4. The highest BCUT2D eigenvalue weighted by atomic mass is 35.5. The molecule has 0 bridgehead atoms. The second-order valence-corrected chi connectivity index (χ2v) is 27.8. The molecule has 0 spiro atoms. The molecule has 6 amide bonds. The molecule has 27 heteroatoms. The first kappa shape index (κ1) is 85.4.